The van der Waals surface area contributed by atoms with Crippen LogP contribution >= 0.6 is 0 Å². The van der Waals surface area contributed by atoms with Crippen LogP contribution in [-0.4, -0.2) is 0 Å². The van der Waals surface area contributed by atoms with Crippen molar-refractivity contribution in [2.75, 3.05) is 0 Å². The minimum Gasteiger partial charge on any atom is -0.206 e. The van der Waals surface area contributed by atoms with Crippen LogP contribution in [-0.2, 0) is 6.42 Å². The lowest BCUT2D eigenvalue weighted by Crippen LogP contribution is -2.30. The monoisotopic (exact) mass is 438 g/mol. The summed E-state index contributed by atoms with van der Waals surface area (Å²) in [6.07, 6.45) is 17.6. The number of allylic oxidation sites excluding steroid dienone is 1. The number of hydrogen-bond donors (Lipinski definition) is 0. The number of rotatable bonds is 9. The van der Waals surface area contributed by atoms with Crippen molar-refractivity contribution >= 4 is 10.8 Å². The third-order valence-electron chi connectivity index (χ3n) is 8.36. The van der Waals surface area contributed by atoms with Crippen molar-refractivity contribution in [1.29, 1.82) is 0 Å². The van der Waals surface area contributed by atoms with Crippen LogP contribution in [0.5, 0.6) is 0 Å². The largest absolute Gasteiger partial charge is 0.206 e. The molecule has 2 heteroatoms. The van der Waals surface area contributed by atoms with Gasteiger partial charge >= 0.3 is 0 Å². The molecule has 0 saturated heterocycles. The molecule has 2 aliphatic rings. The quantitative estimate of drug-likeness (QED) is 0.270. The Hall–Kier alpha value is -1.70. The van der Waals surface area contributed by atoms with Gasteiger partial charge in [0.15, 0.2) is 0 Å². The van der Waals surface area contributed by atoms with Gasteiger partial charge in [-0.25, -0.2) is 8.78 Å². The fraction of sp³-hybridized carbons (Fsp3) is 0.600. The number of benzene rings is 2. The second-order valence-corrected chi connectivity index (χ2v) is 10.5. The van der Waals surface area contributed by atoms with E-state index in [0.717, 1.165) is 54.6 Å². The van der Waals surface area contributed by atoms with E-state index in [4.69, 9.17) is 0 Å². The first-order valence-corrected chi connectivity index (χ1v) is 13.1. The van der Waals surface area contributed by atoms with Crippen LogP contribution < -0.4 is 0 Å². The second-order valence-electron chi connectivity index (χ2n) is 10.5. The average molecular weight is 439 g/mol. The van der Waals surface area contributed by atoms with E-state index < -0.39 is 5.82 Å². The summed E-state index contributed by atoms with van der Waals surface area (Å²) in [7, 11) is 0. The van der Waals surface area contributed by atoms with Gasteiger partial charge in [-0.3, -0.25) is 0 Å². The second kappa shape index (κ2) is 10.9. The highest BCUT2D eigenvalue weighted by molar-refractivity contribution is 5.85. The summed E-state index contributed by atoms with van der Waals surface area (Å²) in [6, 6.07) is 7.33. The van der Waals surface area contributed by atoms with Crippen molar-refractivity contribution < 1.29 is 8.78 Å². The van der Waals surface area contributed by atoms with E-state index in [1.54, 1.807) is 0 Å². The number of unbranched alkanes of at least 4 members (excludes halogenated alkanes) is 3. The number of aryl methyl sites for hydroxylation is 1. The molecule has 0 nitrogen and oxygen atoms in total. The standard InChI is InChI=1S/C30H40F2/c1-3-5-7-8-10-21-11-12-24-20-25(14-13-23(24)17-21)27-16-15-26-18-22(9-6-4-2)19-28(31)29(26)30(27)32/h4,15-16,18-19,21,23-25H,2-3,5-14,17,20H2,1H3. The maximum absolute atomic E-state index is 15.5. The summed E-state index contributed by atoms with van der Waals surface area (Å²) in [5.41, 5.74) is 1.66. The van der Waals surface area contributed by atoms with E-state index in [2.05, 4.69) is 13.5 Å². The van der Waals surface area contributed by atoms with Gasteiger partial charge in [-0.15, -0.1) is 6.58 Å². The summed E-state index contributed by atoms with van der Waals surface area (Å²) in [5.74, 6) is 1.96. The summed E-state index contributed by atoms with van der Waals surface area (Å²) < 4.78 is 30.4. The molecule has 2 fully saturated rings. The molecule has 32 heavy (non-hydrogen) atoms. The predicted molar refractivity (Wildman–Crippen MR) is 132 cm³/mol. The number of halogens is 2. The number of fused-ring (bicyclic) bond motifs is 2. The van der Waals surface area contributed by atoms with Gasteiger partial charge in [-0.05, 0) is 91.2 Å². The summed E-state index contributed by atoms with van der Waals surface area (Å²) in [6.45, 7) is 6.01. The molecular formula is C30H40F2. The molecule has 0 radical (unpaired) electrons. The van der Waals surface area contributed by atoms with Crippen molar-refractivity contribution in [1.82, 2.24) is 0 Å². The van der Waals surface area contributed by atoms with Gasteiger partial charge in [-0.2, -0.15) is 0 Å². The molecule has 174 valence electrons. The van der Waals surface area contributed by atoms with Crippen molar-refractivity contribution in [3.63, 3.8) is 0 Å². The lowest BCUT2D eigenvalue weighted by atomic mass is 9.63. The first-order chi connectivity index (χ1) is 15.6. The topological polar surface area (TPSA) is 0 Å². The molecule has 0 amide bonds. The van der Waals surface area contributed by atoms with Crippen LogP contribution in [0.2, 0.25) is 0 Å². The zero-order valence-electron chi connectivity index (χ0n) is 19.9. The van der Waals surface area contributed by atoms with Gasteiger partial charge in [0.25, 0.3) is 0 Å². The van der Waals surface area contributed by atoms with E-state index >= 15 is 4.39 Å². The van der Waals surface area contributed by atoms with E-state index in [1.165, 1.54) is 63.9 Å². The molecule has 2 aliphatic carbocycles. The van der Waals surface area contributed by atoms with E-state index in [1.807, 2.05) is 24.3 Å². The van der Waals surface area contributed by atoms with Gasteiger partial charge < -0.3 is 0 Å². The smallest absolute Gasteiger partial charge is 0.137 e. The highest BCUT2D eigenvalue weighted by atomic mass is 19.1. The fourth-order valence-electron chi connectivity index (χ4n) is 6.57. The molecule has 0 aliphatic heterocycles. The summed E-state index contributed by atoms with van der Waals surface area (Å²) in [5, 5.41) is 0.866. The van der Waals surface area contributed by atoms with Gasteiger partial charge in [0.1, 0.15) is 11.6 Å². The summed E-state index contributed by atoms with van der Waals surface area (Å²) >= 11 is 0. The van der Waals surface area contributed by atoms with E-state index in [9.17, 15) is 4.39 Å². The first kappa shape index (κ1) is 23.5. The fourth-order valence-corrected chi connectivity index (χ4v) is 6.57. The van der Waals surface area contributed by atoms with Crippen molar-refractivity contribution in [3.8, 4) is 0 Å². The van der Waals surface area contributed by atoms with Gasteiger partial charge in [0.2, 0.25) is 0 Å². The van der Waals surface area contributed by atoms with Gasteiger partial charge in [0.05, 0.1) is 5.39 Å². The molecule has 2 aromatic rings. The molecular weight excluding hydrogens is 398 g/mol. The lowest BCUT2D eigenvalue weighted by molar-refractivity contribution is 0.112. The molecule has 2 aromatic carbocycles. The highest BCUT2D eigenvalue weighted by Gasteiger charge is 2.36. The average Bonchev–Trinajstić information content (AvgIpc) is 2.80. The Morgan fingerprint density at radius 1 is 0.969 bits per heavy atom. The van der Waals surface area contributed by atoms with Crippen molar-refractivity contribution in [2.24, 2.45) is 17.8 Å². The van der Waals surface area contributed by atoms with Gasteiger partial charge in [0, 0.05) is 0 Å². The third-order valence-corrected chi connectivity index (χ3v) is 8.36. The molecule has 0 heterocycles. The van der Waals surface area contributed by atoms with Crippen LogP contribution in [0.15, 0.2) is 36.9 Å². The highest BCUT2D eigenvalue weighted by Crippen LogP contribution is 2.49. The van der Waals surface area contributed by atoms with Crippen LogP contribution in [0.3, 0.4) is 0 Å². The van der Waals surface area contributed by atoms with Crippen LogP contribution in [0.1, 0.15) is 101 Å². The predicted octanol–water partition coefficient (Wildman–Crippen LogP) is 9.51. The Morgan fingerprint density at radius 2 is 1.78 bits per heavy atom. The van der Waals surface area contributed by atoms with Crippen LogP contribution in [0, 0.1) is 29.4 Å². The van der Waals surface area contributed by atoms with Crippen LogP contribution in [0.25, 0.3) is 10.8 Å². The van der Waals surface area contributed by atoms with Gasteiger partial charge in [-0.1, -0.05) is 69.7 Å². The third kappa shape index (κ3) is 5.26. The number of hydrogen-bond acceptors (Lipinski definition) is 0. The Balaban J connectivity index is 1.43. The molecule has 4 atom stereocenters. The Morgan fingerprint density at radius 3 is 2.59 bits per heavy atom. The normalized spacial score (nSPS) is 25.6. The maximum Gasteiger partial charge on any atom is 0.137 e. The maximum atomic E-state index is 15.5. The molecule has 0 bridgehead atoms. The molecule has 0 N–H and O–H groups in total. The van der Waals surface area contributed by atoms with Crippen molar-refractivity contribution in [3.05, 3.63) is 59.7 Å². The van der Waals surface area contributed by atoms with E-state index in [0.29, 0.717) is 5.39 Å². The minimum atomic E-state index is -0.418. The zero-order chi connectivity index (χ0) is 22.5. The summed E-state index contributed by atoms with van der Waals surface area (Å²) in [4.78, 5) is 0. The molecule has 0 aromatic heterocycles. The minimum absolute atomic E-state index is 0.183. The molecule has 4 unspecified atom stereocenters. The van der Waals surface area contributed by atoms with Crippen molar-refractivity contribution in [2.45, 2.75) is 96.3 Å². The molecule has 4 rings (SSSR count). The molecule has 0 spiro atoms. The van der Waals surface area contributed by atoms with E-state index in [-0.39, 0.29) is 17.1 Å². The first-order valence-electron chi connectivity index (χ1n) is 13.1. The lowest BCUT2D eigenvalue weighted by Gasteiger charge is -2.42. The Labute approximate surface area is 193 Å². The molecule has 2 saturated carbocycles. The Bertz CT molecular complexity index is 915. The SMILES string of the molecule is C=CCCc1cc(F)c2c(F)c(C3CCC4CC(CCCCCC)CCC4C3)ccc2c1. The van der Waals surface area contributed by atoms with Crippen LogP contribution in [0.4, 0.5) is 8.78 Å². The zero-order valence-corrected chi connectivity index (χ0v) is 19.9. The Kier molecular flexibility index (Phi) is 8.02.